The van der Waals surface area contributed by atoms with Crippen molar-refractivity contribution in [3.05, 3.63) is 319 Å². The van der Waals surface area contributed by atoms with Gasteiger partial charge in [0.25, 0.3) is 0 Å². The van der Waals surface area contributed by atoms with Crippen LogP contribution in [-0.4, -0.2) is 24.1 Å². The molecule has 0 atom stereocenters. The molecule has 16 aromatic rings. The zero-order valence-electron chi connectivity index (χ0n) is 51.4. The van der Waals surface area contributed by atoms with Crippen LogP contribution in [0.1, 0.15) is 27.8 Å². The molecule has 0 N–H and O–H groups in total. The molecule has 0 aliphatic carbocycles. The van der Waals surface area contributed by atoms with Gasteiger partial charge >= 0.3 is 0 Å². The maximum absolute atomic E-state index is 10.8. The molecule has 0 bridgehead atoms. The first-order valence-electron chi connectivity index (χ1n) is 31.3. The SMILES string of the molecule is Cc1ccccc1-c1ccc2c(c1)c1cc(-c3ccccc3C)ccc1n2-c1ccc(-c2nc(-c3ccccc3)nc(-c3ccccc3)n2)cc1-c1ccc(-c2ccccc2C#N)cc1-n1c2ccc(-c3ccccc3C)cc2c2cc(-c3ccccc3C)ccc21. The number of hydrogen-bond acceptors (Lipinski definition) is 4. The molecule has 0 spiro atoms. The van der Waals surface area contributed by atoms with Gasteiger partial charge in [0.15, 0.2) is 17.5 Å². The lowest BCUT2D eigenvalue weighted by Crippen LogP contribution is -2.04. The summed E-state index contributed by atoms with van der Waals surface area (Å²) in [6.07, 6.45) is 0. The summed E-state index contributed by atoms with van der Waals surface area (Å²) in [7, 11) is 0. The topological polar surface area (TPSA) is 72.3 Å². The van der Waals surface area contributed by atoms with Crippen LogP contribution in [0.5, 0.6) is 0 Å². The Hall–Kier alpha value is -12.0. The van der Waals surface area contributed by atoms with E-state index < -0.39 is 0 Å². The molecule has 13 aromatic carbocycles. The Morgan fingerprint density at radius 3 is 0.978 bits per heavy atom. The second-order valence-electron chi connectivity index (χ2n) is 24.0. The normalized spacial score (nSPS) is 11.5. The van der Waals surface area contributed by atoms with Gasteiger partial charge in [-0.3, -0.25) is 0 Å². The van der Waals surface area contributed by atoms with Gasteiger partial charge in [0.2, 0.25) is 0 Å². The summed E-state index contributed by atoms with van der Waals surface area (Å²) in [6, 6.07) is 107. The van der Waals surface area contributed by atoms with Crippen LogP contribution in [0.25, 0.3) is 156 Å². The van der Waals surface area contributed by atoms with Gasteiger partial charge < -0.3 is 9.13 Å². The molecular weight excluding hydrogens is 1120 g/mol. The summed E-state index contributed by atoms with van der Waals surface area (Å²) in [5, 5.41) is 15.3. The lowest BCUT2D eigenvalue weighted by Gasteiger charge is -2.21. The molecule has 0 saturated carbocycles. The molecule has 0 unspecified atom stereocenters. The van der Waals surface area contributed by atoms with Crippen molar-refractivity contribution < 1.29 is 0 Å². The summed E-state index contributed by atoms with van der Waals surface area (Å²) in [5.74, 6) is 1.71. The Morgan fingerprint density at radius 1 is 0.250 bits per heavy atom. The van der Waals surface area contributed by atoms with Crippen molar-refractivity contribution in [3.8, 4) is 118 Å². The molecule has 0 amide bonds. The fourth-order valence-corrected chi connectivity index (χ4v) is 13.8. The molecule has 0 fully saturated rings. The van der Waals surface area contributed by atoms with Crippen LogP contribution in [0.15, 0.2) is 291 Å². The highest BCUT2D eigenvalue weighted by Gasteiger charge is 2.25. The molecule has 0 radical (unpaired) electrons. The summed E-state index contributed by atoms with van der Waals surface area (Å²) < 4.78 is 4.92. The molecule has 434 valence electrons. The Kier molecular flexibility index (Phi) is 13.7. The van der Waals surface area contributed by atoms with E-state index in [0.717, 1.165) is 116 Å². The second kappa shape index (κ2) is 22.8. The van der Waals surface area contributed by atoms with Crippen molar-refractivity contribution in [2.75, 3.05) is 0 Å². The van der Waals surface area contributed by atoms with Gasteiger partial charge in [-0.05, 0) is 184 Å². The molecular formula is C86H60N6. The van der Waals surface area contributed by atoms with E-state index in [1.807, 2.05) is 54.6 Å². The van der Waals surface area contributed by atoms with Gasteiger partial charge in [-0.25, -0.2) is 15.0 Å². The van der Waals surface area contributed by atoms with Crippen molar-refractivity contribution >= 4 is 43.6 Å². The highest BCUT2D eigenvalue weighted by atomic mass is 15.0. The first-order valence-corrected chi connectivity index (χ1v) is 31.3. The third kappa shape index (κ3) is 9.63. The number of hydrogen-bond donors (Lipinski definition) is 0. The minimum absolute atomic E-state index is 0.545. The standard InChI is InChI=1S/C86H60N6/c1-54-21-11-16-30-67(54)60-36-42-79-74(47-60)75-48-61(68-31-17-12-22-55(68)2)37-43-80(75)91(79)78-46-40-65(86-89-84(58-25-7-5-8-26-58)88-85(90-86)59-27-9-6-10-28-59)51-73(78)72-41-35-64(71-34-20-15-29-66(71)53-87)52-83(72)92-81-44-38-62(69-32-18-13-23-56(69)3)49-76(81)77-50-63(39-45-82(77)92)70-33-19-14-24-57(70)4/h5-52H,1-4H3. The highest BCUT2D eigenvalue weighted by molar-refractivity contribution is 6.14. The number of nitriles is 1. The van der Waals surface area contributed by atoms with Crippen molar-refractivity contribution in [2.24, 2.45) is 0 Å². The van der Waals surface area contributed by atoms with Crippen molar-refractivity contribution in [1.29, 1.82) is 5.26 Å². The van der Waals surface area contributed by atoms with E-state index in [9.17, 15) is 5.26 Å². The maximum atomic E-state index is 10.8. The van der Waals surface area contributed by atoms with E-state index in [-0.39, 0.29) is 0 Å². The fourth-order valence-electron chi connectivity index (χ4n) is 13.8. The quantitative estimate of drug-likeness (QED) is 0.129. The number of fused-ring (bicyclic) bond motifs is 6. The molecule has 0 aliphatic heterocycles. The zero-order chi connectivity index (χ0) is 62.0. The van der Waals surface area contributed by atoms with E-state index in [1.165, 1.54) is 44.5 Å². The molecule has 0 saturated heterocycles. The van der Waals surface area contributed by atoms with Crippen molar-refractivity contribution in [3.63, 3.8) is 0 Å². The molecule has 16 rings (SSSR count). The molecule has 6 nitrogen and oxygen atoms in total. The Balaban J connectivity index is 1.03. The summed E-state index contributed by atoms with van der Waals surface area (Å²) >= 11 is 0. The summed E-state index contributed by atoms with van der Waals surface area (Å²) in [4.78, 5) is 15.9. The lowest BCUT2D eigenvalue weighted by atomic mass is 9.93. The Labute approximate surface area is 535 Å². The van der Waals surface area contributed by atoms with E-state index in [2.05, 4.69) is 279 Å². The van der Waals surface area contributed by atoms with Crippen LogP contribution in [-0.2, 0) is 0 Å². The summed E-state index contributed by atoms with van der Waals surface area (Å²) in [5.41, 5.74) is 27.3. The van der Waals surface area contributed by atoms with E-state index in [4.69, 9.17) is 15.0 Å². The second-order valence-corrected chi connectivity index (χ2v) is 24.0. The largest absolute Gasteiger partial charge is 0.309 e. The summed E-state index contributed by atoms with van der Waals surface area (Å²) in [6.45, 7) is 8.76. The van der Waals surface area contributed by atoms with Crippen LogP contribution in [0, 0.1) is 39.0 Å². The van der Waals surface area contributed by atoms with Crippen LogP contribution in [0.4, 0.5) is 0 Å². The van der Waals surface area contributed by atoms with Gasteiger partial charge in [-0.1, -0.05) is 212 Å². The molecule has 6 heteroatoms. The lowest BCUT2D eigenvalue weighted by molar-refractivity contribution is 1.07. The van der Waals surface area contributed by atoms with Crippen molar-refractivity contribution in [1.82, 2.24) is 24.1 Å². The van der Waals surface area contributed by atoms with Gasteiger partial charge in [0.1, 0.15) is 0 Å². The minimum Gasteiger partial charge on any atom is -0.309 e. The predicted molar refractivity (Wildman–Crippen MR) is 381 cm³/mol. The third-order valence-corrected chi connectivity index (χ3v) is 18.4. The monoisotopic (exact) mass is 1180 g/mol. The zero-order valence-corrected chi connectivity index (χ0v) is 51.4. The fraction of sp³-hybridized carbons (Fsp3) is 0.0465. The smallest absolute Gasteiger partial charge is 0.164 e. The predicted octanol–water partition coefficient (Wildman–Crippen LogP) is 22.2. The molecule has 0 aliphatic rings. The Bertz CT molecular complexity index is 5380. The third-order valence-electron chi connectivity index (χ3n) is 18.4. The van der Waals surface area contributed by atoms with Crippen LogP contribution < -0.4 is 0 Å². The van der Waals surface area contributed by atoms with Gasteiger partial charge in [-0.15, -0.1) is 0 Å². The van der Waals surface area contributed by atoms with Crippen LogP contribution >= 0.6 is 0 Å². The van der Waals surface area contributed by atoms with Crippen LogP contribution in [0.3, 0.4) is 0 Å². The highest BCUT2D eigenvalue weighted by Crippen LogP contribution is 2.47. The maximum Gasteiger partial charge on any atom is 0.164 e. The number of aryl methyl sites for hydroxylation is 4. The van der Waals surface area contributed by atoms with Crippen LogP contribution in [0.2, 0.25) is 0 Å². The number of aromatic nitrogens is 5. The van der Waals surface area contributed by atoms with E-state index in [1.54, 1.807) is 0 Å². The van der Waals surface area contributed by atoms with Gasteiger partial charge in [0.05, 0.1) is 45.1 Å². The van der Waals surface area contributed by atoms with E-state index in [0.29, 0.717) is 23.0 Å². The average Bonchev–Trinajstić information content (AvgIpc) is 1.53. The van der Waals surface area contributed by atoms with Gasteiger partial charge in [0, 0.05) is 49.4 Å². The number of nitrogens with zero attached hydrogens (tertiary/aromatic N) is 6. The molecule has 3 heterocycles. The number of rotatable bonds is 11. The number of benzene rings is 13. The minimum atomic E-state index is 0.545. The first-order chi connectivity index (χ1) is 45.2. The first kappa shape index (κ1) is 55.3. The molecule has 3 aromatic heterocycles. The van der Waals surface area contributed by atoms with Gasteiger partial charge in [-0.2, -0.15) is 5.26 Å². The molecule has 92 heavy (non-hydrogen) atoms. The average molecular weight is 1180 g/mol. The van der Waals surface area contributed by atoms with Crippen molar-refractivity contribution in [2.45, 2.75) is 27.7 Å². The Morgan fingerprint density at radius 2 is 0.576 bits per heavy atom. The van der Waals surface area contributed by atoms with E-state index >= 15 is 0 Å².